The molecule has 1 fully saturated rings. The van der Waals surface area contributed by atoms with Gasteiger partial charge in [0.1, 0.15) is 22.9 Å². The number of ether oxygens (including phenoxy) is 2. The third-order valence-electron chi connectivity index (χ3n) is 6.06. The Labute approximate surface area is 204 Å². The van der Waals surface area contributed by atoms with Crippen LogP contribution in [0.2, 0.25) is 0 Å². The molecule has 0 aliphatic carbocycles. The van der Waals surface area contributed by atoms with Crippen LogP contribution < -0.4 is 10.3 Å². The first-order valence-electron chi connectivity index (χ1n) is 11.4. The van der Waals surface area contributed by atoms with Gasteiger partial charge in [0.25, 0.3) is 5.56 Å². The average Bonchev–Trinajstić information content (AvgIpc) is 2.82. The fraction of sp³-hybridized carbons (Fsp3) is 0.400. The number of benzene rings is 1. The van der Waals surface area contributed by atoms with E-state index in [1.54, 1.807) is 12.3 Å². The van der Waals surface area contributed by atoms with E-state index in [2.05, 4.69) is 4.98 Å². The van der Waals surface area contributed by atoms with Crippen LogP contribution in [0, 0.1) is 18.8 Å². The van der Waals surface area contributed by atoms with Crippen molar-refractivity contribution in [3.05, 3.63) is 69.8 Å². The molecule has 0 amide bonds. The Morgan fingerprint density at radius 1 is 1.11 bits per heavy atom. The number of carbonyl (C=O) groups excluding carboxylic acids is 1. The second-order valence-corrected chi connectivity index (χ2v) is 11.1. The summed E-state index contributed by atoms with van der Waals surface area (Å²) in [4.78, 5) is 29.5. The summed E-state index contributed by atoms with van der Waals surface area (Å²) >= 11 is 0. The minimum atomic E-state index is -3.88. The lowest BCUT2D eigenvalue weighted by Gasteiger charge is -2.34. The Balaban J connectivity index is 1.57. The van der Waals surface area contributed by atoms with Gasteiger partial charge in [-0.3, -0.25) is 9.20 Å². The fourth-order valence-corrected chi connectivity index (χ4v) is 6.36. The molecule has 0 bridgehead atoms. The number of esters is 1. The van der Waals surface area contributed by atoms with E-state index in [0.717, 1.165) is 12.0 Å². The third kappa shape index (κ3) is 5.23. The molecule has 10 heteroatoms. The van der Waals surface area contributed by atoms with Gasteiger partial charge >= 0.3 is 5.97 Å². The Bertz CT molecular complexity index is 1420. The van der Waals surface area contributed by atoms with Crippen LogP contribution in [0.4, 0.5) is 0 Å². The predicted molar refractivity (Wildman–Crippen MR) is 130 cm³/mol. The molecule has 186 valence electrons. The van der Waals surface area contributed by atoms with Gasteiger partial charge in [0.15, 0.2) is 0 Å². The second kappa shape index (κ2) is 9.79. The van der Waals surface area contributed by atoms with Crippen LogP contribution in [0.5, 0.6) is 5.75 Å². The zero-order chi connectivity index (χ0) is 25.3. The Morgan fingerprint density at radius 3 is 2.51 bits per heavy atom. The van der Waals surface area contributed by atoms with Crippen LogP contribution in [0.15, 0.2) is 52.3 Å². The standard InChI is InChI=1S/C25H29N3O6S/c1-16-5-8-23-26-20(11-24(29)28(23)14-16)15-34-25(30)19-6-7-21(33-4)22(10-19)35(31,32)27-12-17(2)9-18(3)13-27/h5-8,10-11,14,17-18H,9,12-13,15H2,1-4H3/t17-,18+. The lowest BCUT2D eigenvalue weighted by atomic mass is 9.94. The normalized spacial score (nSPS) is 19.0. The summed E-state index contributed by atoms with van der Waals surface area (Å²) in [6.07, 6.45) is 2.64. The van der Waals surface area contributed by atoms with Crippen molar-refractivity contribution >= 4 is 21.6 Å². The molecular weight excluding hydrogens is 470 g/mol. The maximum absolute atomic E-state index is 13.4. The number of nitrogens with zero attached hydrogens (tertiary/aromatic N) is 3. The molecule has 9 nitrogen and oxygen atoms in total. The molecule has 4 rings (SSSR count). The summed E-state index contributed by atoms with van der Waals surface area (Å²) in [7, 11) is -2.50. The molecule has 2 aromatic heterocycles. The highest BCUT2D eigenvalue weighted by Gasteiger charge is 2.34. The summed E-state index contributed by atoms with van der Waals surface area (Å²) in [5, 5.41) is 0. The highest BCUT2D eigenvalue weighted by molar-refractivity contribution is 7.89. The quantitative estimate of drug-likeness (QED) is 0.480. The topological polar surface area (TPSA) is 107 Å². The van der Waals surface area contributed by atoms with Gasteiger partial charge in [-0.2, -0.15) is 4.31 Å². The SMILES string of the molecule is COc1ccc(C(=O)OCc2cc(=O)n3cc(C)ccc3n2)cc1S(=O)(=O)N1C[C@H](C)C[C@H](C)C1. The van der Waals surface area contributed by atoms with E-state index in [9.17, 15) is 18.0 Å². The number of piperidine rings is 1. The molecule has 1 aliphatic rings. The highest BCUT2D eigenvalue weighted by Crippen LogP contribution is 2.32. The van der Waals surface area contributed by atoms with Crippen molar-refractivity contribution < 1.29 is 22.7 Å². The second-order valence-electron chi connectivity index (χ2n) is 9.23. The van der Waals surface area contributed by atoms with Crippen molar-refractivity contribution in [1.29, 1.82) is 0 Å². The number of hydrogen-bond acceptors (Lipinski definition) is 7. The number of aromatic nitrogens is 2. The van der Waals surface area contributed by atoms with Crippen molar-refractivity contribution in [2.45, 2.75) is 38.7 Å². The zero-order valence-corrected chi connectivity index (χ0v) is 21.0. The van der Waals surface area contributed by atoms with Crippen molar-refractivity contribution in [2.75, 3.05) is 20.2 Å². The minimum Gasteiger partial charge on any atom is -0.495 e. The van der Waals surface area contributed by atoms with Gasteiger partial charge in [-0.05, 0) is 55.0 Å². The number of pyridine rings is 1. The molecule has 0 radical (unpaired) electrons. The van der Waals surface area contributed by atoms with E-state index >= 15 is 0 Å². The molecule has 3 heterocycles. The van der Waals surface area contributed by atoms with Crippen LogP contribution >= 0.6 is 0 Å². The van der Waals surface area contributed by atoms with Crippen LogP contribution in [-0.4, -0.2) is 48.3 Å². The van der Waals surface area contributed by atoms with Crippen LogP contribution in [-0.2, 0) is 21.4 Å². The number of hydrogen-bond donors (Lipinski definition) is 0. The molecule has 0 unspecified atom stereocenters. The van der Waals surface area contributed by atoms with Crippen LogP contribution in [0.1, 0.15) is 41.9 Å². The summed E-state index contributed by atoms with van der Waals surface area (Å²) in [5.41, 5.74) is 1.43. The first-order valence-corrected chi connectivity index (χ1v) is 12.9. The summed E-state index contributed by atoms with van der Waals surface area (Å²) < 4.78 is 40.4. The van der Waals surface area contributed by atoms with Gasteiger partial charge in [0.2, 0.25) is 10.0 Å². The number of carbonyl (C=O) groups is 1. The maximum Gasteiger partial charge on any atom is 0.338 e. The Hall–Kier alpha value is -3.24. The van der Waals surface area contributed by atoms with Gasteiger partial charge in [0.05, 0.1) is 18.4 Å². The molecule has 0 saturated carbocycles. The summed E-state index contributed by atoms with van der Waals surface area (Å²) in [5.74, 6) is -0.104. The monoisotopic (exact) mass is 499 g/mol. The van der Waals surface area contributed by atoms with Gasteiger partial charge in [-0.15, -0.1) is 0 Å². The molecule has 35 heavy (non-hydrogen) atoms. The number of aryl methyl sites for hydroxylation is 1. The Kier molecular flexibility index (Phi) is 6.95. The number of sulfonamides is 1. The smallest absolute Gasteiger partial charge is 0.338 e. The van der Waals surface area contributed by atoms with E-state index in [-0.39, 0.29) is 40.2 Å². The third-order valence-corrected chi connectivity index (χ3v) is 7.92. The molecule has 3 aromatic rings. The van der Waals surface area contributed by atoms with E-state index in [0.29, 0.717) is 24.4 Å². The van der Waals surface area contributed by atoms with Gasteiger partial charge < -0.3 is 9.47 Å². The van der Waals surface area contributed by atoms with Crippen molar-refractivity contribution in [3.63, 3.8) is 0 Å². The first kappa shape index (κ1) is 24.9. The number of fused-ring (bicyclic) bond motifs is 1. The van der Waals surface area contributed by atoms with E-state index in [1.165, 1.54) is 40.1 Å². The zero-order valence-electron chi connectivity index (χ0n) is 20.2. The van der Waals surface area contributed by atoms with Gasteiger partial charge in [-0.25, -0.2) is 18.2 Å². The molecule has 1 saturated heterocycles. The molecule has 0 spiro atoms. The van der Waals surface area contributed by atoms with Crippen molar-refractivity contribution in [1.82, 2.24) is 13.7 Å². The molecular formula is C25H29N3O6S. The first-order chi connectivity index (χ1) is 16.6. The minimum absolute atomic E-state index is 0.0654. The molecule has 1 aromatic carbocycles. The summed E-state index contributed by atoms with van der Waals surface area (Å²) in [6, 6.07) is 9.04. The highest BCUT2D eigenvalue weighted by atomic mass is 32.2. The number of rotatable bonds is 6. The molecule has 2 atom stereocenters. The lowest BCUT2D eigenvalue weighted by Crippen LogP contribution is -2.42. The largest absolute Gasteiger partial charge is 0.495 e. The predicted octanol–water partition coefficient (Wildman–Crippen LogP) is 3.04. The fourth-order valence-electron chi connectivity index (χ4n) is 4.50. The maximum atomic E-state index is 13.4. The van der Waals surface area contributed by atoms with E-state index in [4.69, 9.17) is 9.47 Å². The van der Waals surface area contributed by atoms with Crippen molar-refractivity contribution in [3.8, 4) is 5.75 Å². The summed E-state index contributed by atoms with van der Waals surface area (Å²) in [6.45, 7) is 6.51. The van der Waals surface area contributed by atoms with Crippen molar-refractivity contribution in [2.24, 2.45) is 11.8 Å². The lowest BCUT2D eigenvalue weighted by molar-refractivity contribution is 0.0467. The Morgan fingerprint density at radius 2 is 1.83 bits per heavy atom. The number of methoxy groups -OCH3 is 1. The van der Waals surface area contributed by atoms with Crippen LogP contribution in [0.25, 0.3) is 5.65 Å². The van der Waals surface area contributed by atoms with Gasteiger partial charge in [-0.1, -0.05) is 19.9 Å². The molecule has 0 N–H and O–H groups in total. The van der Waals surface area contributed by atoms with E-state index < -0.39 is 16.0 Å². The van der Waals surface area contributed by atoms with Gasteiger partial charge in [0, 0.05) is 25.4 Å². The van der Waals surface area contributed by atoms with E-state index in [1.807, 2.05) is 26.8 Å². The van der Waals surface area contributed by atoms with Crippen LogP contribution in [0.3, 0.4) is 0 Å². The average molecular weight is 500 g/mol. The molecule has 1 aliphatic heterocycles.